The van der Waals surface area contributed by atoms with Crippen molar-refractivity contribution < 1.29 is 0 Å². The first-order chi connectivity index (χ1) is 8.31. The lowest BCUT2D eigenvalue weighted by Crippen LogP contribution is -1.98. The van der Waals surface area contributed by atoms with Crippen LogP contribution in [-0.4, -0.2) is 15.0 Å². The van der Waals surface area contributed by atoms with Crippen LogP contribution in [0.3, 0.4) is 0 Å². The number of benzene rings is 1. The number of nitrogen functional groups attached to an aromatic ring is 1. The molecule has 0 aliphatic rings. The Morgan fingerprint density at radius 3 is 3.18 bits per heavy atom. The SMILES string of the molecule is Nc1ccc2nc(NCc3cnc[nH]3)sc2c1. The summed E-state index contributed by atoms with van der Waals surface area (Å²) in [5.41, 5.74) is 8.49. The first kappa shape index (κ1) is 10.1. The Bertz CT molecular complexity index is 628. The van der Waals surface area contributed by atoms with Gasteiger partial charge in [0.1, 0.15) is 0 Å². The van der Waals surface area contributed by atoms with Crippen molar-refractivity contribution in [1.29, 1.82) is 0 Å². The van der Waals surface area contributed by atoms with Crippen LogP contribution in [0, 0.1) is 0 Å². The van der Waals surface area contributed by atoms with E-state index >= 15 is 0 Å². The van der Waals surface area contributed by atoms with Gasteiger partial charge in [0.05, 0.1) is 28.8 Å². The predicted octanol–water partition coefficient (Wildman–Crippen LogP) is 2.21. The number of nitrogens with zero attached hydrogens (tertiary/aromatic N) is 2. The van der Waals surface area contributed by atoms with Gasteiger partial charge >= 0.3 is 0 Å². The molecule has 5 nitrogen and oxygen atoms in total. The molecule has 0 bridgehead atoms. The lowest BCUT2D eigenvalue weighted by Gasteiger charge is -1.97. The minimum atomic E-state index is 0.690. The van der Waals surface area contributed by atoms with Crippen LogP contribution in [0.25, 0.3) is 10.2 Å². The highest BCUT2D eigenvalue weighted by Gasteiger charge is 2.03. The van der Waals surface area contributed by atoms with E-state index in [0.717, 1.165) is 26.7 Å². The number of hydrogen-bond donors (Lipinski definition) is 3. The number of rotatable bonds is 3. The Morgan fingerprint density at radius 2 is 2.35 bits per heavy atom. The molecule has 17 heavy (non-hydrogen) atoms. The zero-order valence-electron chi connectivity index (χ0n) is 8.97. The zero-order chi connectivity index (χ0) is 11.7. The molecule has 0 amide bonds. The van der Waals surface area contributed by atoms with Gasteiger partial charge in [0, 0.05) is 11.9 Å². The largest absolute Gasteiger partial charge is 0.399 e. The molecular formula is C11H11N5S. The molecule has 86 valence electrons. The topological polar surface area (TPSA) is 79.6 Å². The molecule has 2 heterocycles. The third-order valence-corrected chi connectivity index (χ3v) is 3.37. The molecule has 0 radical (unpaired) electrons. The molecule has 2 aromatic heterocycles. The van der Waals surface area contributed by atoms with Crippen molar-refractivity contribution in [2.75, 3.05) is 11.1 Å². The number of nitrogens with one attached hydrogen (secondary N) is 2. The summed E-state index contributed by atoms with van der Waals surface area (Å²) in [6.07, 6.45) is 3.45. The maximum atomic E-state index is 5.73. The number of thiazole rings is 1. The third kappa shape index (κ3) is 2.07. The number of imidazole rings is 1. The number of aromatic amines is 1. The second-order valence-electron chi connectivity index (χ2n) is 3.68. The minimum absolute atomic E-state index is 0.690. The van der Waals surface area contributed by atoms with E-state index in [9.17, 15) is 0 Å². The van der Waals surface area contributed by atoms with Crippen LogP contribution < -0.4 is 11.1 Å². The molecule has 3 aromatic rings. The summed E-state index contributed by atoms with van der Waals surface area (Å²) in [6, 6.07) is 5.73. The minimum Gasteiger partial charge on any atom is -0.399 e. The van der Waals surface area contributed by atoms with Crippen LogP contribution in [0.15, 0.2) is 30.7 Å². The van der Waals surface area contributed by atoms with Crippen LogP contribution in [0.4, 0.5) is 10.8 Å². The van der Waals surface area contributed by atoms with E-state index in [0.29, 0.717) is 6.54 Å². The average Bonchev–Trinajstić information content (AvgIpc) is 2.94. The summed E-state index contributed by atoms with van der Waals surface area (Å²) in [5.74, 6) is 0. The van der Waals surface area contributed by atoms with Crippen LogP contribution in [-0.2, 0) is 6.54 Å². The number of aromatic nitrogens is 3. The summed E-state index contributed by atoms with van der Waals surface area (Å²) in [5, 5.41) is 4.14. The molecule has 0 spiro atoms. The fourth-order valence-corrected chi connectivity index (χ4v) is 2.48. The Hall–Kier alpha value is -2.08. The molecule has 0 saturated heterocycles. The van der Waals surface area contributed by atoms with Gasteiger partial charge in [-0.25, -0.2) is 9.97 Å². The maximum Gasteiger partial charge on any atom is 0.184 e. The fourth-order valence-electron chi connectivity index (χ4n) is 1.57. The van der Waals surface area contributed by atoms with Crippen molar-refractivity contribution in [3.8, 4) is 0 Å². The van der Waals surface area contributed by atoms with Crippen LogP contribution in [0.5, 0.6) is 0 Å². The number of anilines is 2. The second-order valence-corrected chi connectivity index (χ2v) is 4.71. The monoisotopic (exact) mass is 245 g/mol. The highest BCUT2D eigenvalue weighted by atomic mass is 32.1. The molecule has 0 unspecified atom stereocenters. The van der Waals surface area contributed by atoms with E-state index in [1.165, 1.54) is 0 Å². The predicted molar refractivity (Wildman–Crippen MR) is 69.9 cm³/mol. The molecule has 4 N–H and O–H groups in total. The van der Waals surface area contributed by atoms with Gasteiger partial charge in [-0.2, -0.15) is 0 Å². The quantitative estimate of drug-likeness (QED) is 0.618. The highest BCUT2D eigenvalue weighted by molar-refractivity contribution is 7.22. The van der Waals surface area contributed by atoms with Crippen molar-refractivity contribution >= 4 is 32.4 Å². The summed E-state index contributed by atoms with van der Waals surface area (Å²) >= 11 is 1.60. The first-order valence-electron chi connectivity index (χ1n) is 5.18. The highest BCUT2D eigenvalue weighted by Crippen LogP contribution is 2.27. The molecule has 0 aliphatic heterocycles. The maximum absolute atomic E-state index is 5.73. The Kier molecular flexibility index (Phi) is 2.41. The van der Waals surface area contributed by atoms with Gasteiger partial charge in [-0.15, -0.1) is 0 Å². The van der Waals surface area contributed by atoms with E-state index < -0.39 is 0 Å². The molecule has 0 aliphatic carbocycles. The summed E-state index contributed by atoms with van der Waals surface area (Å²) in [7, 11) is 0. The van der Waals surface area contributed by atoms with Crippen molar-refractivity contribution in [1.82, 2.24) is 15.0 Å². The smallest absolute Gasteiger partial charge is 0.184 e. The van der Waals surface area contributed by atoms with E-state index in [1.807, 2.05) is 18.2 Å². The first-order valence-corrected chi connectivity index (χ1v) is 6.00. The number of H-pyrrole nitrogens is 1. The zero-order valence-corrected chi connectivity index (χ0v) is 9.79. The van der Waals surface area contributed by atoms with Gasteiger partial charge in [0.25, 0.3) is 0 Å². The summed E-state index contributed by atoms with van der Waals surface area (Å²) < 4.78 is 1.09. The van der Waals surface area contributed by atoms with Crippen molar-refractivity contribution in [2.24, 2.45) is 0 Å². The fraction of sp³-hybridized carbons (Fsp3) is 0.0909. The van der Waals surface area contributed by atoms with Crippen molar-refractivity contribution in [3.63, 3.8) is 0 Å². The molecule has 1 aromatic carbocycles. The Morgan fingerprint density at radius 1 is 1.41 bits per heavy atom. The van der Waals surface area contributed by atoms with Crippen LogP contribution in [0.2, 0.25) is 0 Å². The van der Waals surface area contributed by atoms with E-state index in [2.05, 4.69) is 20.3 Å². The van der Waals surface area contributed by atoms with E-state index in [4.69, 9.17) is 5.73 Å². The van der Waals surface area contributed by atoms with E-state index in [1.54, 1.807) is 23.9 Å². The van der Waals surface area contributed by atoms with Gasteiger partial charge in [-0.3, -0.25) is 0 Å². The summed E-state index contributed by atoms with van der Waals surface area (Å²) in [6.45, 7) is 0.690. The van der Waals surface area contributed by atoms with Crippen LogP contribution >= 0.6 is 11.3 Å². The van der Waals surface area contributed by atoms with Crippen LogP contribution in [0.1, 0.15) is 5.69 Å². The number of hydrogen-bond acceptors (Lipinski definition) is 5. The van der Waals surface area contributed by atoms with Gasteiger partial charge < -0.3 is 16.0 Å². The molecule has 6 heteroatoms. The normalized spacial score (nSPS) is 10.8. The molecule has 0 atom stereocenters. The number of fused-ring (bicyclic) bond motifs is 1. The molecular weight excluding hydrogens is 234 g/mol. The van der Waals surface area contributed by atoms with E-state index in [-0.39, 0.29) is 0 Å². The third-order valence-electron chi connectivity index (χ3n) is 2.40. The number of nitrogens with two attached hydrogens (primary N) is 1. The van der Waals surface area contributed by atoms with Gasteiger partial charge in [0.15, 0.2) is 5.13 Å². The standard InChI is InChI=1S/C11H11N5S/c12-7-1-2-9-10(3-7)17-11(16-9)14-5-8-4-13-6-15-8/h1-4,6H,5,12H2,(H,13,15)(H,14,16). The Balaban J connectivity index is 1.81. The lowest BCUT2D eigenvalue weighted by molar-refractivity contribution is 1.07. The average molecular weight is 245 g/mol. The molecule has 3 rings (SSSR count). The second kappa shape index (κ2) is 4.06. The summed E-state index contributed by atoms with van der Waals surface area (Å²) in [4.78, 5) is 11.5. The van der Waals surface area contributed by atoms with Gasteiger partial charge in [-0.1, -0.05) is 11.3 Å². The lowest BCUT2D eigenvalue weighted by atomic mass is 10.3. The van der Waals surface area contributed by atoms with Crippen molar-refractivity contribution in [3.05, 3.63) is 36.4 Å². The van der Waals surface area contributed by atoms with Gasteiger partial charge in [-0.05, 0) is 18.2 Å². The molecule has 0 fully saturated rings. The molecule has 0 saturated carbocycles. The van der Waals surface area contributed by atoms with Crippen molar-refractivity contribution in [2.45, 2.75) is 6.54 Å². The Labute approximate surface area is 102 Å². The van der Waals surface area contributed by atoms with Gasteiger partial charge in [0.2, 0.25) is 0 Å².